The molecule has 0 bridgehead atoms. The van der Waals surface area contributed by atoms with Crippen LogP contribution in [0, 0.1) is 0 Å². The average molecular weight is 408 g/mol. The largest absolute Gasteiger partial charge is 0.573 e. The molecule has 0 aliphatic rings. The van der Waals surface area contributed by atoms with Gasteiger partial charge in [0.1, 0.15) is 18.0 Å². The van der Waals surface area contributed by atoms with Gasteiger partial charge in [0, 0.05) is 17.3 Å². The Morgan fingerprint density at radius 3 is 2.48 bits per heavy atom. The number of rotatable bonds is 5. The summed E-state index contributed by atoms with van der Waals surface area (Å²) in [5.74, 6) is -0.131. The highest BCUT2D eigenvalue weighted by molar-refractivity contribution is 5.77. The van der Waals surface area contributed by atoms with Crippen molar-refractivity contribution in [3.63, 3.8) is 0 Å². The molecule has 1 aromatic carbocycles. The van der Waals surface area contributed by atoms with Crippen molar-refractivity contribution < 1.29 is 27.2 Å². The number of carbonyl (C=O) groups is 1. The fourth-order valence-corrected chi connectivity index (χ4v) is 2.61. The SMILES string of the molecule is CC(C)(C)NC(=O)Cn1cccc1-c1nc(-c2ccc(OC(F)(F)F)cc2)no1. The number of aromatic nitrogens is 3. The lowest BCUT2D eigenvalue weighted by Crippen LogP contribution is -2.42. The third-order valence-corrected chi connectivity index (χ3v) is 3.65. The second-order valence-corrected chi connectivity index (χ2v) is 7.31. The van der Waals surface area contributed by atoms with E-state index in [1.807, 2.05) is 20.8 Å². The second kappa shape index (κ2) is 7.61. The van der Waals surface area contributed by atoms with Crippen molar-refractivity contribution in [1.82, 2.24) is 20.0 Å². The van der Waals surface area contributed by atoms with Gasteiger partial charge in [0.05, 0.1) is 0 Å². The Bertz CT molecular complexity index is 985. The number of benzene rings is 1. The van der Waals surface area contributed by atoms with E-state index in [0.717, 1.165) is 0 Å². The molecule has 0 atom stereocenters. The fourth-order valence-electron chi connectivity index (χ4n) is 2.61. The molecule has 0 saturated carbocycles. The molecular formula is C19H19F3N4O3. The van der Waals surface area contributed by atoms with Crippen molar-refractivity contribution in [1.29, 1.82) is 0 Å². The van der Waals surface area contributed by atoms with E-state index >= 15 is 0 Å². The Kier molecular flexibility index (Phi) is 5.36. The highest BCUT2D eigenvalue weighted by Gasteiger charge is 2.31. The van der Waals surface area contributed by atoms with E-state index in [9.17, 15) is 18.0 Å². The van der Waals surface area contributed by atoms with Crippen LogP contribution in [0.1, 0.15) is 20.8 Å². The molecule has 0 spiro atoms. The van der Waals surface area contributed by atoms with E-state index < -0.39 is 6.36 Å². The van der Waals surface area contributed by atoms with E-state index in [2.05, 4.69) is 20.2 Å². The number of alkyl halides is 3. The fraction of sp³-hybridized carbons (Fsp3) is 0.316. The monoisotopic (exact) mass is 408 g/mol. The van der Waals surface area contributed by atoms with E-state index in [0.29, 0.717) is 11.3 Å². The number of ether oxygens (including phenoxy) is 1. The van der Waals surface area contributed by atoms with Crippen molar-refractivity contribution in [3.05, 3.63) is 42.6 Å². The molecule has 0 fully saturated rings. The van der Waals surface area contributed by atoms with Crippen LogP contribution in [0.25, 0.3) is 23.0 Å². The van der Waals surface area contributed by atoms with Crippen molar-refractivity contribution in [2.75, 3.05) is 0 Å². The molecule has 0 saturated heterocycles. The summed E-state index contributed by atoms with van der Waals surface area (Å²) in [6.07, 6.45) is -3.05. The molecule has 0 aliphatic heterocycles. The van der Waals surface area contributed by atoms with Gasteiger partial charge in [-0.15, -0.1) is 13.2 Å². The van der Waals surface area contributed by atoms with Gasteiger partial charge in [-0.05, 0) is 57.2 Å². The normalized spacial score (nSPS) is 12.1. The van der Waals surface area contributed by atoms with Crippen LogP contribution >= 0.6 is 0 Å². The molecule has 3 aromatic rings. The molecule has 1 amide bonds. The maximum Gasteiger partial charge on any atom is 0.573 e. The Morgan fingerprint density at radius 2 is 1.86 bits per heavy atom. The first-order chi connectivity index (χ1) is 13.5. The number of hydrogen-bond acceptors (Lipinski definition) is 5. The molecule has 0 unspecified atom stereocenters. The highest BCUT2D eigenvalue weighted by Crippen LogP contribution is 2.27. The van der Waals surface area contributed by atoms with Crippen molar-refractivity contribution >= 4 is 5.91 Å². The summed E-state index contributed by atoms with van der Waals surface area (Å²) in [5, 5.41) is 6.73. The Balaban J connectivity index is 1.76. The lowest BCUT2D eigenvalue weighted by Gasteiger charge is -2.20. The van der Waals surface area contributed by atoms with E-state index in [-0.39, 0.29) is 35.5 Å². The van der Waals surface area contributed by atoms with Crippen molar-refractivity contribution in [2.45, 2.75) is 39.2 Å². The summed E-state index contributed by atoms with van der Waals surface area (Å²) in [7, 11) is 0. The quantitative estimate of drug-likeness (QED) is 0.690. The number of nitrogens with one attached hydrogen (secondary N) is 1. The lowest BCUT2D eigenvalue weighted by molar-refractivity contribution is -0.274. The summed E-state index contributed by atoms with van der Waals surface area (Å²) >= 11 is 0. The van der Waals surface area contributed by atoms with Gasteiger partial charge in [0.15, 0.2) is 0 Å². The van der Waals surface area contributed by atoms with Gasteiger partial charge in [-0.2, -0.15) is 4.98 Å². The zero-order chi connectivity index (χ0) is 21.2. The number of carbonyl (C=O) groups excluding carboxylic acids is 1. The zero-order valence-corrected chi connectivity index (χ0v) is 15.9. The Hall–Kier alpha value is -3.30. The van der Waals surface area contributed by atoms with Gasteiger partial charge in [-0.3, -0.25) is 4.79 Å². The van der Waals surface area contributed by atoms with Crippen LogP contribution in [0.4, 0.5) is 13.2 Å². The van der Waals surface area contributed by atoms with Gasteiger partial charge in [-0.1, -0.05) is 5.16 Å². The number of halogens is 3. The predicted octanol–water partition coefficient (Wildman–Crippen LogP) is 4.02. The van der Waals surface area contributed by atoms with Gasteiger partial charge < -0.3 is 19.1 Å². The van der Waals surface area contributed by atoms with E-state index in [1.54, 1.807) is 22.9 Å². The third kappa shape index (κ3) is 5.59. The summed E-state index contributed by atoms with van der Waals surface area (Å²) < 4.78 is 47.5. The standard InChI is InChI=1S/C19H19F3N4O3/c1-18(2,3)24-15(27)11-26-10-4-5-14(26)17-23-16(25-29-17)12-6-8-13(9-7-12)28-19(20,21)22/h4-10H,11H2,1-3H3,(H,24,27). The molecule has 0 aliphatic carbocycles. The Labute approximate surface area is 164 Å². The molecule has 7 nitrogen and oxygen atoms in total. The van der Waals surface area contributed by atoms with Crippen LogP contribution in [0.2, 0.25) is 0 Å². The molecule has 2 aromatic heterocycles. The number of amides is 1. The maximum absolute atomic E-state index is 12.3. The number of hydrogen-bond donors (Lipinski definition) is 1. The molecule has 0 radical (unpaired) electrons. The van der Waals surface area contributed by atoms with Crippen molar-refractivity contribution in [2.24, 2.45) is 0 Å². The van der Waals surface area contributed by atoms with E-state index in [1.165, 1.54) is 24.3 Å². The molecule has 29 heavy (non-hydrogen) atoms. The van der Waals surface area contributed by atoms with Crippen LogP contribution in [0.5, 0.6) is 5.75 Å². The first-order valence-corrected chi connectivity index (χ1v) is 8.67. The first-order valence-electron chi connectivity index (χ1n) is 8.67. The third-order valence-electron chi connectivity index (χ3n) is 3.65. The molecule has 1 N–H and O–H groups in total. The average Bonchev–Trinajstić information content (AvgIpc) is 3.21. The zero-order valence-electron chi connectivity index (χ0n) is 15.9. The molecule has 2 heterocycles. The highest BCUT2D eigenvalue weighted by atomic mass is 19.4. The lowest BCUT2D eigenvalue weighted by atomic mass is 10.1. The molecular weight excluding hydrogens is 389 g/mol. The minimum Gasteiger partial charge on any atom is -0.406 e. The predicted molar refractivity (Wildman–Crippen MR) is 97.7 cm³/mol. The van der Waals surface area contributed by atoms with Gasteiger partial charge in [0.2, 0.25) is 11.7 Å². The van der Waals surface area contributed by atoms with Crippen LogP contribution in [-0.4, -0.2) is 32.5 Å². The van der Waals surface area contributed by atoms with E-state index in [4.69, 9.17) is 4.52 Å². The van der Waals surface area contributed by atoms with Crippen LogP contribution in [0.15, 0.2) is 47.1 Å². The Morgan fingerprint density at radius 1 is 1.17 bits per heavy atom. The van der Waals surface area contributed by atoms with Crippen LogP contribution < -0.4 is 10.1 Å². The topological polar surface area (TPSA) is 82.2 Å². The summed E-state index contributed by atoms with van der Waals surface area (Å²) in [6.45, 7) is 5.73. The smallest absolute Gasteiger partial charge is 0.406 e. The second-order valence-electron chi connectivity index (χ2n) is 7.31. The number of nitrogens with zero attached hydrogens (tertiary/aromatic N) is 3. The van der Waals surface area contributed by atoms with Gasteiger partial charge >= 0.3 is 6.36 Å². The maximum atomic E-state index is 12.3. The van der Waals surface area contributed by atoms with Gasteiger partial charge in [-0.25, -0.2) is 0 Å². The summed E-state index contributed by atoms with van der Waals surface area (Å²) in [5.41, 5.74) is 0.646. The molecule has 154 valence electrons. The molecule has 3 rings (SSSR count). The van der Waals surface area contributed by atoms with Gasteiger partial charge in [0.25, 0.3) is 5.89 Å². The first kappa shape index (κ1) is 20.4. The minimum atomic E-state index is -4.76. The van der Waals surface area contributed by atoms with Crippen LogP contribution in [0.3, 0.4) is 0 Å². The summed E-state index contributed by atoms with van der Waals surface area (Å²) in [4.78, 5) is 16.5. The summed E-state index contributed by atoms with van der Waals surface area (Å²) in [6, 6.07) is 8.59. The minimum absolute atomic E-state index is 0.0702. The molecule has 10 heteroatoms. The van der Waals surface area contributed by atoms with Crippen LogP contribution in [-0.2, 0) is 11.3 Å². The van der Waals surface area contributed by atoms with Crippen molar-refractivity contribution in [3.8, 4) is 28.7 Å².